The summed E-state index contributed by atoms with van der Waals surface area (Å²) in [5.74, 6) is -1.06. The van der Waals surface area contributed by atoms with Crippen molar-refractivity contribution >= 4 is 23.6 Å². The first-order valence-corrected chi connectivity index (χ1v) is 10.2. The number of benzene rings is 1. The minimum atomic E-state index is -2.64. The van der Waals surface area contributed by atoms with Gasteiger partial charge in [-0.2, -0.15) is 0 Å². The van der Waals surface area contributed by atoms with Gasteiger partial charge >= 0.3 is 6.09 Å². The predicted molar refractivity (Wildman–Crippen MR) is 114 cm³/mol. The molecule has 9 nitrogen and oxygen atoms in total. The molecular weight excluding hydrogens is 402 g/mol. The van der Waals surface area contributed by atoms with Crippen LogP contribution in [0.4, 0.5) is 10.5 Å². The van der Waals surface area contributed by atoms with E-state index in [0.717, 1.165) is 0 Å². The molecule has 3 amide bonds. The molecule has 9 heteroatoms. The van der Waals surface area contributed by atoms with Gasteiger partial charge in [0, 0.05) is 22.4 Å². The Kier molecular flexibility index (Phi) is 5.11. The SMILES string of the molecule is [2H]C([2H])([2H])C[C@@](OC(N)=O)(C(=O)N[C@H]1C(=O)Nc2ccccc2OC12CCOCC2)C(C)(C)C. The lowest BCUT2D eigenvalue weighted by atomic mass is 9.73. The summed E-state index contributed by atoms with van der Waals surface area (Å²) in [5.41, 5.74) is 1.17. The van der Waals surface area contributed by atoms with Crippen molar-refractivity contribution in [1.29, 1.82) is 0 Å². The molecule has 0 aliphatic carbocycles. The molecule has 4 N–H and O–H groups in total. The van der Waals surface area contributed by atoms with E-state index in [9.17, 15) is 14.4 Å². The van der Waals surface area contributed by atoms with Crippen molar-refractivity contribution in [3.05, 3.63) is 24.3 Å². The third kappa shape index (κ3) is 4.19. The van der Waals surface area contributed by atoms with Gasteiger partial charge in [-0.25, -0.2) is 4.79 Å². The first kappa shape index (κ1) is 18.9. The number of carbonyl (C=O) groups excluding carboxylic acids is 3. The van der Waals surface area contributed by atoms with Crippen LogP contribution in [0.3, 0.4) is 0 Å². The van der Waals surface area contributed by atoms with Crippen LogP contribution in [-0.4, -0.2) is 48.4 Å². The van der Waals surface area contributed by atoms with Crippen LogP contribution in [0.2, 0.25) is 0 Å². The molecule has 0 radical (unpaired) electrons. The first-order chi connectivity index (χ1) is 15.7. The Morgan fingerprint density at radius 3 is 2.61 bits per heavy atom. The van der Waals surface area contributed by atoms with Crippen LogP contribution in [0.15, 0.2) is 24.3 Å². The number of hydrogen-bond acceptors (Lipinski definition) is 6. The van der Waals surface area contributed by atoms with E-state index in [2.05, 4.69) is 10.6 Å². The molecule has 3 rings (SSSR count). The number of carbonyl (C=O) groups is 3. The second kappa shape index (κ2) is 8.37. The zero-order valence-electron chi connectivity index (χ0n) is 20.9. The van der Waals surface area contributed by atoms with Gasteiger partial charge in [-0.1, -0.05) is 39.8 Å². The normalized spacial score (nSPS) is 24.0. The summed E-state index contributed by atoms with van der Waals surface area (Å²) >= 11 is 0. The monoisotopic (exact) mass is 436 g/mol. The molecule has 0 bridgehead atoms. The third-order valence-electron chi connectivity index (χ3n) is 5.96. The average molecular weight is 437 g/mol. The van der Waals surface area contributed by atoms with E-state index >= 15 is 0 Å². The van der Waals surface area contributed by atoms with Crippen LogP contribution in [0, 0.1) is 5.41 Å². The molecule has 170 valence electrons. The topological polar surface area (TPSA) is 129 Å². The fourth-order valence-electron chi connectivity index (χ4n) is 4.03. The van der Waals surface area contributed by atoms with E-state index < -0.39 is 53.8 Å². The first-order valence-electron chi connectivity index (χ1n) is 11.7. The van der Waals surface area contributed by atoms with Crippen LogP contribution in [0.25, 0.3) is 0 Å². The summed E-state index contributed by atoms with van der Waals surface area (Å²) < 4.78 is 40.4. The number of nitrogens with two attached hydrogens (primary N) is 1. The van der Waals surface area contributed by atoms with Crippen molar-refractivity contribution in [1.82, 2.24) is 5.32 Å². The molecule has 2 aliphatic heterocycles. The second-order valence-electron chi connectivity index (χ2n) is 8.85. The molecule has 1 aromatic carbocycles. The fourth-order valence-corrected chi connectivity index (χ4v) is 4.03. The Labute approximate surface area is 186 Å². The lowest BCUT2D eigenvalue weighted by Gasteiger charge is -2.45. The average Bonchev–Trinajstić information content (AvgIpc) is 2.80. The van der Waals surface area contributed by atoms with Gasteiger partial charge in [0.2, 0.25) is 0 Å². The van der Waals surface area contributed by atoms with E-state index in [1.165, 1.54) is 0 Å². The quantitative estimate of drug-likeness (QED) is 0.664. The molecule has 2 heterocycles. The highest BCUT2D eigenvalue weighted by Gasteiger charge is 2.55. The number of ether oxygens (including phenoxy) is 3. The highest BCUT2D eigenvalue weighted by molar-refractivity contribution is 6.01. The maximum absolute atomic E-state index is 13.8. The van der Waals surface area contributed by atoms with E-state index in [1.54, 1.807) is 45.0 Å². The molecular formula is C22H31N3O6. The van der Waals surface area contributed by atoms with Crippen LogP contribution < -0.4 is 21.1 Å². The van der Waals surface area contributed by atoms with Crippen molar-refractivity contribution in [2.75, 3.05) is 18.5 Å². The maximum Gasteiger partial charge on any atom is 0.405 e. The van der Waals surface area contributed by atoms with Gasteiger partial charge in [0.05, 0.1) is 18.9 Å². The van der Waals surface area contributed by atoms with Gasteiger partial charge in [0.25, 0.3) is 11.8 Å². The molecule has 0 saturated carbocycles. The molecule has 31 heavy (non-hydrogen) atoms. The molecule has 1 fully saturated rings. The lowest BCUT2D eigenvalue weighted by molar-refractivity contribution is -0.158. The Morgan fingerprint density at radius 2 is 2.00 bits per heavy atom. The van der Waals surface area contributed by atoms with E-state index in [1.807, 2.05) is 0 Å². The standard InChI is InChI=1S/C22H31N3O6/c1-5-22(20(2,3)4,31-19(23)28)18(27)25-16-17(26)24-14-8-6-7-9-15(14)30-21(16)10-12-29-13-11-21/h6-9,16H,5,10-13H2,1-4H3,(H2,23,28)(H,24,26)(H,25,27)/t16-,22+/m0/s1/i1D3. The fraction of sp³-hybridized carbons (Fsp3) is 0.591. The van der Waals surface area contributed by atoms with E-state index in [4.69, 9.17) is 24.1 Å². The second-order valence-corrected chi connectivity index (χ2v) is 8.85. The van der Waals surface area contributed by atoms with Gasteiger partial charge < -0.3 is 30.6 Å². The van der Waals surface area contributed by atoms with Crippen molar-refractivity contribution < 1.29 is 32.7 Å². The number of anilines is 1. The summed E-state index contributed by atoms with van der Waals surface area (Å²) in [6.07, 6.45) is -1.52. The minimum absolute atomic E-state index is 0.290. The Balaban J connectivity index is 2.06. The predicted octanol–water partition coefficient (Wildman–Crippen LogP) is 2.34. The van der Waals surface area contributed by atoms with Gasteiger partial charge in [-0.05, 0) is 18.6 Å². The van der Waals surface area contributed by atoms with Crippen molar-refractivity contribution in [3.8, 4) is 5.75 Å². The molecule has 1 saturated heterocycles. The summed E-state index contributed by atoms with van der Waals surface area (Å²) in [7, 11) is 0. The summed E-state index contributed by atoms with van der Waals surface area (Å²) in [5, 5.41) is 5.43. The van der Waals surface area contributed by atoms with Gasteiger partial charge in [-0.3, -0.25) is 9.59 Å². The Morgan fingerprint density at radius 1 is 1.32 bits per heavy atom. The number of hydrogen-bond donors (Lipinski definition) is 3. The maximum atomic E-state index is 13.8. The number of fused-ring (bicyclic) bond motifs is 1. The zero-order chi connectivity index (χ0) is 25.4. The van der Waals surface area contributed by atoms with Crippen LogP contribution in [-0.2, 0) is 19.1 Å². The molecule has 1 aromatic rings. The van der Waals surface area contributed by atoms with Crippen molar-refractivity contribution in [2.24, 2.45) is 11.1 Å². The van der Waals surface area contributed by atoms with Gasteiger partial charge in [0.15, 0.2) is 5.60 Å². The molecule has 0 unspecified atom stereocenters. The number of nitrogens with one attached hydrogen (secondary N) is 2. The molecule has 0 aromatic heterocycles. The summed E-state index contributed by atoms with van der Waals surface area (Å²) in [4.78, 5) is 39.0. The van der Waals surface area contributed by atoms with Crippen LogP contribution in [0.1, 0.15) is 51.0 Å². The van der Waals surface area contributed by atoms with Gasteiger partial charge in [-0.15, -0.1) is 0 Å². The summed E-state index contributed by atoms with van der Waals surface area (Å²) in [6.45, 7) is 2.62. The smallest absolute Gasteiger partial charge is 0.405 e. The number of amides is 3. The van der Waals surface area contributed by atoms with Crippen LogP contribution in [0.5, 0.6) is 5.75 Å². The lowest BCUT2D eigenvalue weighted by Crippen LogP contribution is -2.67. The zero-order valence-corrected chi connectivity index (χ0v) is 17.9. The van der Waals surface area contributed by atoms with Crippen LogP contribution >= 0.6 is 0 Å². The number of para-hydroxylation sites is 2. The molecule has 2 aliphatic rings. The molecule has 2 atom stereocenters. The highest BCUT2D eigenvalue weighted by atomic mass is 16.6. The number of primary amides is 1. The summed E-state index contributed by atoms with van der Waals surface area (Å²) in [6, 6.07) is 5.65. The highest BCUT2D eigenvalue weighted by Crippen LogP contribution is 2.40. The van der Waals surface area contributed by atoms with Gasteiger partial charge in [0.1, 0.15) is 17.4 Å². The number of rotatable bonds is 4. The molecule has 1 spiro atoms. The minimum Gasteiger partial charge on any atom is -0.482 e. The third-order valence-corrected chi connectivity index (χ3v) is 5.96. The van der Waals surface area contributed by atoms with E-state index in [0.29, 0.717) is 24.7 Å². The largest absolute Gasteiger partial charge is 0.482 e. The Bertz CT molecular complexity index is 956. The Hall–Kier alpha value is -2.81. The van der Waals surface area contributed by atoms with Crippen molar-refractivity contribution in [2.45, 2.75) is 64.1 Å². The van der Waals surface area contributed by atoms with E-state index in [-0.39, 0.29) is 12.8 Å². The van der Waals surface area contributed by atoms with Crippen molar-refractivity contribution in [3.63, 3.8) is 0 Å².